The number of rotatable bonds is 5. The number of carbonyl (C=O) groups is 1. The molecule has 1 aromatic carbocycles. The predicted molar refractivity (Wildman–Crippen MR) is 61.9 cm³/mol. The van der Waals surface area contributed by atoms with Gasteiger partial charge in [0.05, 0.1) is 17.2 Å². The van der Waals surface area contributed by atoms with Gasteiger partial charge in [0, 0.05) is 17.1 Å². The first kappa shape index (κ1) is 13.3. The summed E-state index contributed by atoms with van der Waals surface area (Å²) in [5.74, 6) is -1.08. The van der Waals surface area contributed by atoms with Gasteiger partial charge in [0.15, 0.2) is 0 Å². The van der Waals surface area contributed by atoms with Crippen molar-refractivity contribution in [3.63, 3.8) is 0 Å². The third-order valence-electron chi connectivity index (χ3n) is 1.91. The zero-order chi connectivity index (χ0) is 12.1. The Morgan fingerprint density at radius 2 is 2.19 bits per heavy atom. The smallest absolute Gasteiger partial charge is 0.337 e. The van der Waals surface area contributed by atoms with Crippen molar-refractivity contribution in [3.8, 4) is 0 Å². The molecule has 0 aromatic heterocycles. The van der Waals surface area contributed by atoms with Crippen LogP contribution in [0.15, 0.2) is 12.1 Å². The molecular weight excluding hydrogens is 253 g/mol. The average Bonchev–Trinajstić information content (AvgIpc) is 2.22. The highest BCUT2D eigenvalue weighted by molar-refractivity contribution is 6.37. The molecule has 0 aliphatic rings. The molecule has 4 nitrogen and oxygen atoms in total. The van der Waals surface area contributed by atoms with Crippen molar-refractivity contribution in [1.29, 1.82) is 0 Å². The van der Waals surface area contributed by atoms with E-state index in [1.165, 1.54) is 12.1 Å². The summed E-state index contributed by atoms with van der Waals surface area (Å²) in [5.41, 5.74) is 3.18. The zero-order valence-electron chi connectivity index (χ0n) is 8.59. The molecule has 0 aliphatic heterocycles. The molecule has 0 bridgehead atoms. The van der Waals surface area contributed by atoms with Gasteiger partial charge in [-0.2, -0.15) is 5.48 Å². The number of halogens is 2. The molecule has 0 radical (unpaired) electrons. The molecule has 0 aliphatic carbocycles. The van der Waals surface area contributed by atoms with E-state index < -0.39 is 5.97 Å². The van der Waals surface area contributed by atoms with Crippen molar-refractivity contribution in [2.75, 3.05) is 6.61 Å². The second-order valence-electron chi connectivity index (χ2n) is 2.95. The van der Waals surface area contributed by atoms with E-state index in [9.17, 15) is 4.79 Å². The van der Waals surface area contributed by atoms with Crippen LogP contribution < -0.4 is 5.48 Å². The largest absolute Gasteiger partial charge is 0.478 e. The van der Waals surface area contributed by atoms with Crippen LogP contribution >= 0.6 is 23.2 Å². The van der Waals surface area contributed by atoms with Crippen molar-refractivity contribution < 1.29 is 14.7 Å². The molecule has 0 fully saturated rings. The van der Waals surface area contributed by atoms with Gasteiger partial charge in [-0.15, -0.1) is 0 Å². The fourth-order valence-electron chi connectivity index (χ4n) is 1.15. The lowest BCUT2D eigenvalue weighted by Crippen LogP contribution is -2.15. The number of aromatic carboxylic acids is 1. The Bertz CT molecular complexity index is 396. The Morgan fingerprint density at radius 1 is 1.50 bits per heavy atom. The molecule has 2 N–H and O–H groups in total. The van der Waals surface area contributed by atoms with Crippen LogP contribution in [0.1, 0.15) is 22.8 Å². The van der Waals surface area contributed by atoms with E-state index in [4.69, 9.17) is 33.1 Å². The van der Waals surface area contributed by atoms with E-state index in [2.05, 4.69) is 5.48 Å². The molecule has 1 aromatic rings. The van der Waals surface area contributed by atoms with Gasteiger partial charge in [-0.3, -0.25) is 0 Å². The van der Waals surface area contributed by atoms with Crippen LogP contribution in [-0.4, -0.2) is 17.7 Å². The Labute approximate surface area is 103 Å². The first-order chi connectivity index (χ1) is 7.57. The van der Waals surface area contributed by atoms with Gasteiger partial charge in [0.25, 0.3) is 0 Å². The quantitative estimate of drug-likeness (QED) is 0.634. The van der Waals surface area contributed by atoms with E-state index >= 15 is 0 Å². The minimum atomic E-state index is -1.08. The lowest BCUT2D eigenvalue weighted by atomic mass is 10.1. The summed E-state index contributed by atoms with van der Waals surface area (Å²) < 4.78 is 0. The van der Waals surface area contributed by atoms with Crippen molar-refractivity contribution >= 4 is 29.2 Å². The van der Waals surface area contributed by atoms with Crippen LogP contribution in [0.25, 0.3) is 0 Å². The summed E-state index contributed by atoms with van der Waals surface area (Å²) in [4.78, 5) is 15.8. The Morgan fingerprint density at radius 3 is 2.75 bits per heavy atom. The maximum absolute atomic E-state index is 10.8. The first-order valence-electron chi connectivity index (χ1n) is 4.62. The van der Waals surface area contributed by atoms with Crippen LogP contribution in [0.2, 0.25) is 10.0 Å². The molecule has 6 heteroatoms. The lowest BCUT2D eigenvalue weighted by Gasteiger charge is -2.10. The topological polar surface area (TPSA) is 58.6 Å². The summed E-state index contributed by atoms with van der Waals surface area (Å²) in [5, 5.41) is 9.41. The number of benzene rings is 1. The van der Waals surface area contributed by atoms with Gasteiger partial charge < -0.3 is 9.94 Å². The number of hydrogen-bond acceptors (Lipinski definition) is 3. The summed E-state index contributed by atoms with van der Waals surface area (Å²) in [6.07, 6.45) is 0. The number of carboxylic acids is 1. The highest BCUT2D eigenvalue weighted by atomic mass is 35.5. The highest BCUT2D eigenvalue weighted by Gasteiger charge is 2.14. The molecule has 0 amide bonds. The molecule has 0 heterocycles. The van der Waals surface area contributed by atoms with Gasteiger partial charge >= 0.3 is 5.97 Å². The molecule has 0 spiro atoms. The molecular formula is C10H11Cl2NO3. The van der Waals surface area contributed by atoms with Gasteiger partial charge in [-0.1, -0.05) is 23.2 Å². The van der Waals surface area contributed by atoms with Crippen LogP contribution in [0.4, 0.5) is 0 Å². The minimum Gasteiger partial charge on any atom is -0.478 e. The van der Waals surface area contributed by atoms with E-state index in [-0.39, 0.29) is 17.1 Å². The van der Waals surface area contributed by atoms with Gasteiger partial charge in [0.1, 0.15) is 0 Å². The van der Waals surface area contributed by atoms with Crippen LogP contribution in [0.3, 0.4) is 0 Å². The van der Waals surface area contributed by atoms with Crippen LogP contribution in [0.5, 0.6) is 0 Å². The monoisotopic (exact) mass is 263 g/mol. The van der Waals surface area contributed by atoms with Crippen LogP contribution in [-0.2, 0) is 11.4 Å². The zero-order valence-corrected chi connectivity index (χ0v) is 10.1. The predicted octanol–water partition coefficient (Wildman–Crippen LogP) is 2.73. The maximum atomic E-state index is 10.8. The standard InChI is InChI=1S/C10H11Cl2NO3/c1-2-16-13-5-7-8(11)4-3-6(9(7)12)10(14)15/h3-4,13H,2,5H2,1H3,(H,14,15). The molecule has 1 rings (SSSR count). The van der Waals surface area contributed by atoms with Crippen molar-refractivity contribution in [2.24, 2.45) is 0 Å². The Kier molecular flexibility index (Phi) is 5.02. The molecule has 16 heavy (non-hydrogen) atoms. The summed E-state index contributed by atoms with van der Waals surface area (Å²) in [7, 11) is 0. The summed E-state index contributed by atoms with van der Waals surface area (Å²) in [6.45, 7) is 2.57. The van der Waals surface area contributed by atoms with Crippen molar-refractivity contribution in [3.05, 3.63) is 33.3 Å². The van der Waals surface area contributed by atoms with Crippen LogP contribution in [0, 0.1) is 0 Å². The van der Waals surface area contributed by atoms with E-state index in [0.717, 1.165) is 0 Å². The van der Waals surface area contributed by atoms with E-state index in [1.807, 2.05) is 6.92 Å². The molecule has 0 saturated carbocycles. The van der Waals surface area contributed by atoms with Gasteiger partial charge in [-0.05, 0) is 19.1 Å². The maximum Gasteiger partial charge on any atom is 0.337 e. The van der Waals surface area contributed by atoms with E-state index in [0.29, 0.717) is 17.2 Å². The van der Waals surface area contributed by atoms with Crippen molar-refractivity contribution in [1.82, 2.24) is 5.48 Å². The Hall–Kier alpha value is -0.810. The molecule has 0 saturated heterocycles. The Balaban J connectivity index is 2.97. The third kappa shape index (κ3) is 3.09. The number of hydrogen-bond donors (Lipinski definition) is 2. The fraction of sp³-hybridized carbons (Fsp3) is 0.300. The fourth-order valence-corrected chi connectivity index (χ4v) is 1.74. The van der Waals surface area contributed by atoms with Crippen molar-refractivity contribution in [2.45, 2.75) is 13.5 Å². The number of hydroxylamine groups is 1. The summed E-state index contributed by atoms with van der Waals surface area (Å²) in [6, 6.07) is 2.87. The molecule has 0 atom stereocenters. The first-order valence-corrected chi connectivity index (χ1v) is 5.38. The number of nitrogens with one attached hydrogen (secondary N) is 1. The SMILES string of the molecule is CCONCc1c(Cl)ccc(C(=O)O)c1Cl. The van der Waals surface area contributed by atoms with E-state index in [1.54, 1.807) is 0 Å². The third-order valence-corrected chi connectivity index (χ3v) is 2.70. The summed E-state index contributed by atoms with van der Waals surface area (Å²) >= 11 is 11.8. The van der Waals surface area contributed by atoms with Gasteiger partial charge in [-0.25, -0.2) is 4.79 Å². The van der Waals surface area contributed by atoms with Gasteiger partial charge in [0.2, 0.25) is 0 Å². The molecule has 88 valence electrons. The second kappa shape index (κ2) is 6.06. The number of carboxylic acid groups (broad SMARTS) is 1. The average molecular weight is 264 g/mol. The normalized spacial score (nSPS) is 10.4. The highest BCUT2D eigenvalue weighted by Crippen LogP contribution is 2.28. The lowest BCUT2D eigenvalue weighted by molar-refractivity contribution is 0.0463. The second-order valence-corrected chi connectivity index (χ2v) is 3.73. The molecule has 0 unspecified atom stereocenters. The minimum absolute atomic E-state index is 0.0272.